The number of aryl methyl sites for hydroxylation is 1. The van der Waals surface area contributed by atoms with Gasteiger partial charge in [0.05, 0.1) is 11.6 Å². The number of rotatable bonds is 4. The number of carbonyl (C=O) groups is 2. The average Bonchev–Trinajstić information content (AvgIpc) is 2.87. The van der Waals surface area contributed by atoms with Gasteiger partial charge < -0.3 is 10.0 Å². The van der Waals surface area contributed by atoms with Gasteiger partial charge in [0.2, 0.25) is 0 Å². The van der Waals surface area contributed by atoms with Crippen molar-refractivity contribution in [2.24, 2.45) is 5.92 Å². The summed E-state index contributed by atoms with van der Waals surface area (Å²) in [6, 6.07) is 13.6. The summed E-state index contributed by atoms with van der Waals surface area (Å²) in [4.78, 5) is 27.0. The SMILES string of the molecule is Cc1ccc(C(O)=C2C(=O)C(=O)N(CC(C)C)[C@H]2c2ccc(Cl)cc2)cc1. The third-order valence-electron chi connectivity index (χ3n) is 4.61. The molecule has 0 radical (unpaired) electrons. The standard InChI is InChI=1S/C22H22ClNO3/c1-13(2)12-24-19(15-8-10-17(23)11-9-15)18(21(26)22(24)27)20(25)16-6-4-14(3)5-7-16/h4-11,13,19,25H,12H2,1-3H3/t19-/m0/s1. The normalized spacial score (nSPS) is 19.1. The van der Waals surface area contributed by atoms with Crippen LogP contribution in [0.5, 0.6) is 0 Å². The van der Waals surface area contributed by atoms with Crippen LogP contribution in [0.15, 0.2) is 54.1 Å². The number of benzene rings is 2. The maximum Gasteiger partial charge on any atom is 0.295 e. The smallest absolute Gasteiger partial charge is 0.295 e. The van der Waals surface area contributed by atoms with Gasteiger partial charge in [-0.25, -0.2) is 0 Å². The van der Waals surface area contributed by atoms with Gasteiger partial charge in [-0.3, -0.25) is 9.59 Å². The Morgan fingerprint density at radius 1 is 1.07 bits per heavy atom. The molecule has 0 spiro atoms. The fraction of sp³-hybridized carbons (Fsp3) is 0.273. The number of amides is 1. The van der Waals surface area contributed by atoms with Gasteiger partial charge in [0.25, 0.3) is 11.7 Å². The maximum absolute atomic E-state index is 12.8. The molecule has 2 aromatic rings. The van der Waals surface area contributed by atoms with Crippen LogP contribution in [-0.2, 0) is 9.59 Å². The van der Waals surface area contributed by atoms with Crippen LogP contribution in [0.3, 0.4) is 0 Å². The zero-order chi connectivity index (χ0) is 19.7. The number of Topliss-reactive ketones (excluding diaryl/α,β-unsaturated/α-hetero) is 1. The van der Waals surface area contributed by atoms with Crippen molar-refractivity contribution < 1.29 is 14.7 Å². The lowest BCUT2D eigenvalue weighted by molar-refractivity contribution is -0.140. The van der Waals surface area contributed by atoms with E-state index in [1.54, 1.807) is 36.4 Å². The molecule has 4 nitrogen and oxygen atoms in total. The van der Waals surface area contributed by atoms with E-state index in [1.807, 2.05) is 32.9 Å². The Morgan fingerprint density at radius 3 is 2.22 bits per heavy atom. The van der Waals surface area contributed by atoms with Crippen molar-refractivity contribution in [3.63, 3.8) is 0 Å². The third kappa shape index (κ3) is 3.76. The molecule has 1 amide bonds. The summed E-state index contributed by atoms with van der Waals surface area (Å²) >= 11 is 6.00. The molecule has 2 aromatic carbocycles. The Morgan fingerprint density at radius 2 is 1.67 bits per heavy atom. The minimum absolute atomic E-state index is 0.117. The average molecular weight is 384 g/mol. The van der Waals surface area contributed by atoms with E-state index in [0.29, 0.717) is 17.1 Å². The second-order valence-electron chi connectivity index (χ2n) is 7.26. The van der Waals surface area contributed by atoms with Crippen LogP contribution < -0.4 is 0 Å². The fourth-order valence-corrected chi connectivity index (χ4v) is 3.45. The van der Waals surface area contributed by atoms with Crippen LogP contribution in [0.2, 0.25) is 5.02 Å². The van der Waals surface area contributed by atoms with Crippen LogP contribution in [-0.4, -0.2) is 28.2 Å². The number of halogens is 1. The van der Waals surface area contributed by atoms with E-state index in [4.69, 9.17) is 11.6 Å². The summed E-state index contributed by atoms with van der Waals surface area (Å²) in [7, 11) is 0. The van der Waals surface area contributed by atoms with Gasteiger partial charge >= 0.3 is 0 Å². The Labute approximate surface area is 164 Å². The number of nitrogens with zero attached hydrogens (tertiary/aromatic N) is 1. The molecular weight excluding hydrogens is 362 g/mol. The first-order chi connectivity index (χ1) is 12.8. The monoisotopic (exact) mass is 383 g/mol. The molecule has 27 heavy (non-hydrogen) atoms. The fourth-order valence-electron chi connectivity index (χ4n) is 3.32. The molecular formula is C22H22ClNO3. The number of hydrogen-bond donors (Lipinski definition) is 1. The first kappa shape index (κ1) is 19.2. The highest BCUT2D eigenvalue weighted by Gasteiger charge is 2.46. The van der Waals surface area contributed by atoms with Crippen LogP contribution in [0.25, 0.3) is 5.76 Å². The molecule has 140 valence electrons. The molecule has 0 aromatic heterocycles. The lowest BCUT2D eigenvalue weighted by Crippen LogP contribution is -2.33. The maximum atomic E-state index is 12.8. The summed E-state index contributed by atoms with van der Waals surface area (Å²) in [6.45, 7) is 6.33. The summed E-state index contributed by atoms with van der Waals surface area (Å²) < 4.78 is 0. The summed E-state index contributed by atoms with van der Waals surface area (Å²) in [5, 5.41) is 11.5. The van der Waals surface area contributed by atoms with Gasteiger partial charge in [0.1, 0.15) is 5.76 Å². The van der Waals surface area contributed by atoms with Crippen molar-refractivity contribution in [3.05, 3.63) is 75.8 Å². The van der Waals surface area contributed by atoms with Gasteiger partial charge in [-0.1, -0.05) is 67.4 Å². The topological polar surface area (TPSA) is 57.6 Å². The number of ketones is 1. The second-order valence-corrected chi connectivity index (χ2v) is 7.70. The van der Waals surface area contributed by atoms with Crippen molar-refractivity contribution in [3.8, 4) is 0 Å². The molecule has 1 heterocycles. The molecule has 0 unspecified atom stereocenters. The Bertz CT molecular complexity index is 898. The van der Waals surface area contributed by atoms with Gasteiger partial charge in [-0.2, -0.15) is 0 Å². The van der Waals surface area contributed by atoms with Gasteiger partial charge in [0, 0.05) is 17.1 Å². The molecule has 1 aliphatic heterocycles. The zero-order valence-corrected chi connectivity index (χ0v) is 16.3. The molecule has 1 N–H and O–H groups in total. The first-order valence-corrected chi connectivity index (χ1v) is 9.28. The minimum Gasteiger partial charge on any atom is -0.507 e. The summed E-state index contributed by atoms with van der Waals surface area (Å²) in [5.41, 5.74) is 2.42. The van der Waals surface area contributed by atoms with Gasteiger partial charge in [-0.05, 0) is 30.5 Å². The molecule has 1 atom stereocenters. The van der Waals surface area contributed by atoms with E-state index in [0.717, 1.165) is 11.1 Å². The van der Waals surface area contributed by atoms with Crippen molar-refractivity contribution in [2.75, 3.05) is 6.54 Å². The van der Waals surface area contributed by atoms with E-state index in [9.17, 15) is 14.7 Å². The lowest BCUT2D eigenvalue weighted by Gasteiger charge is -2.26. The predicted molar refractivity (Wildman–Crippen MR) is 106 cm³/mol. The van der Waals surface area contributed by atoms with Crippen molar-refractivity contribution in [1.82, 2.24) is 4.90 Å². The Hall–Kier alpha value is -2.59. The molecule has 1 fully saturated rings. The number of aliphatic hydroxyl groups is 1. The summed E-state index contributed by atoms with van der Waals surface area (Å²) in [6.07, 6.45) is 0. The van der Waals surface area contributed by atoms with Crippen molar-refractivity contribution >= 4 is 29.1 Å². The molecule has 1 saturated heterocycles. The Kier molecular flexibility index (Phi) is 5.38. The van der Waals surface area contributed by atoms with Gasteiger partial charge in [-0.15, -0.1) is 0 Å². The zero-order valence-electron chi connectivity index (χ0n) is 15.6. The molecule has 3 rings (SSSR count). The van der Waals surface area contributed by atoms with Crippen LogP contribution in [0.1, 0.15) is 36.6 Å². The van der Waals surface area contributed by atoms with E-state index >= 15 is 0 Å². The Balaban J connectivity index is 2.17. The van der Waals surface area contributed by atoms with Crippen molar-refractivity contribution in [1.29, 1.82) is 0 Å². The van der Waals surface area contributed by atoms with E-state index < -0.39 is 17.7 Å². The van der Waals surface area contributed by atoms with E-state index in [1.165, 1.54) is 4.90 Å². The summed E-state index contributed by atoms with van der Waals surface area (Å²) in [5.74, 6) is -1.22. The predicted octanol–water partition coefficient (Wildman–Crippen LogP) is 4.73. The number of carbonyl (C=O) groups excluding carboxylic acids is 2. The molecule has 5 heteroatoms. The molecule has 0 bridgehead atoms. The third-order valence-corrected chi connectivity index (χ3v) is 4.86. The van der Waals surface area contributed by atoms with Crippen LogP contribution in [0.4, 0.5) is 0 Å². The quantitative estimate of drug-likeness (QED) is 0.472. The van der Waals surface area contributed by atoms with Crippen molar-refractivity contribution in [2.45, 2.75) is 26.8 Å². The molecule has 0 saturated carbocycles. The highest BCUT2D eigenvalue weighted by molar-refractivity contribution is 6.46. The highest BCUT2D eigenvalue weighted by atomic mass is 35.5. The number of hydrogen-bond acceptors (Lipinski definition) is 3. The van der Waals surface area contributed by atoms with E-state index in [2.05, 4.69) is 0 Å². The van der Waals surface area contributed by atoms with Crippen LogP contribution >= 0.6 is 11.6 Å². The van der Waals surface area contributed by atoms with E-state index in [-0.39, 0.29) is 17.3 Å². The minimum atomic E-state index is -0.659. The van der Waals surface area contributed by atoms with Gasteiger partial charge in [0.15, 0.2) is 0 Å². The second kappa shape index (κ2) is 7.57. The number of likely N-dealkylation sites (tertiary alicyclic amines) is 1. The van der Waals surface area contributed by atoms with Crippen LogP contribution in [0, 0.1) is 12.8 Å². The molecule has 1 aliphatic rings. The first-order valence-electron chi connectivity index (χ1n) is 8.90. The highest BCUT2D eigenvalue weighted by Crippen LogP contribution is 2.40. The number of aliphatic hydroxyl groups excluding tert-OH is 1. The lowest BCUT2D eigenvalue weighted by atomic mass is 9.95. The molecule has 0 aliphatic carbocycles. The largest absolute Gasteiger partial charge is 0.507 e.